The minimum absolute atomic E-state index is 0.0802. The Hall–Kier alpha value is -2.86. The highest BCUT2D eigenvalue weighted by Gasteiger charge is 2.23. The van der Waals surface area contributed by atoms with Crippen LogP contribution in [0.5, 0.6) is 0 Å². The van der Waals surface area contributed by atoms with Gasteiger partial charge >= 0.3 is 5.97 Å². The van der Waals surface area contributed by atoms with Gasteiger partial charge in [0.05, 0.1) is 5.56 Å². The van der Waals surface area contributed by atoms with Crippen LogP contribution < -0.4 is 10.2 Å². The van der Waals surface area contributed by atoms with Crippen LogP contribution in [0.15, 0.2) is 48.5 Å². The van der Waals surface area contributed by atoms with Crippen LogP contribution in [0.4, 0.5) is 11.4 Å². The summed E-state index contributed by atoms with van der Waals surface area (Å²) >= 11 is 5.88. The minimum atomic E-state index is -0.976. The summed E-state index contributed by atoms with van der Waals surface area (Å²) in [6.45, 7) is 2.18. The number of esters is 1. The van der Waals surface area contributed by atoms with Gasteiger partial charge in [-0.3, -0.25) is 9.59 Å². The molecular weight excluding hydrogens is 368 g/mol. The zero-order valence-electron chi connectivity index (χ0n) is 14.8. The molecule has 27 heavy (non-hydrogen) atoms. The van der Waals surface area contributed by atoms with E-state index in [9.17, 15) is 14.4 Å². The molecule has 1 saturated heterocycles. The second-order valence-corrected chi connectivity index (χ2v) is 6.68. The number of hydrogen-bond donors (Lipinski definition) is 1. The Morgan fingerprint density at radius 2 is 1.93 bits per heavy atom. The first kappa shape index (κ1) is 18.9. The highest BCUT2D eigenvalue weighted by molar-refractivity contribution is 6.30. The van der Waals surface area contributed by atoms with Crippen LogP contribution in [0.1, 0.15) is 30.1 Å². The van der Waals surface area contributed by atoms with E-state index in [1.807, 2.05) is 0 Å². The van der Waals surface area contributed by atoms with Gasteiger partial charge in [0.25, 0.3) is 5.91 Å². The van der Waals surface area contributed by atoms with Gasteiger partial charge in [-0.1, -0.05) is 17.7 Å². The largest absolute Gasteiger partial charge is 0.449 e. The molecule has 0 unspecified atom stereocenters. The number of amides is 2. The number of halogens is 1. The molecule has 2 amide bonds. The van der Waals surface area contributed by atoms with E-state index in [2.05, 4.69) is 5.32 Å². The maximum Gasteiger partial charge on any atom is 0.338 e. The Bertz CT molecular complexity index is 867. The lowest BCUT2D eigenvalue weighted by Crippen LogP contribution is -2.30. The number of nitrogens with zero attached hydrogens (tertiary/aromatic N) is 1. The summed E-state index contributed by atoms with van der Waals surface area (Å²) in [5, 5.41) is 3.14. The van der Waals surface area contributed by atoms with Gasteiger partial charge in [0.2, 0.25) is 5.91 Å². The predicted molar refractivity (Wildman–Crippen MR) is 103 cm³/mol. The Morgan fingerprint density at radius 1 is 1.19 bits per heavy atom. The van der Waals surface area contributed by atoms with Crippen molar-refractivity contribution in [1.29, 1.82) is 0 Å². The first-order valence-electron chi connectivity index (χ1n) is 8.62. The number of benzene rings is 2. The first-order valence-corrected chi connectivity index (χ1v) is 8.99. The molecule has 0 radical (unpaired) electrons. The highest BCUT2D eigenvalue weighted by Crippen LogP contribution is 2.22. The fourth-order valence-electron chi connectivity index (χ4n) is 2.79. The predicted octanol–water partition coefficient (Wildman–Crippen LogP) is 3.65. The summed E-state index contributed by atoms with van der Waals surface area (Å²) in [7, 11) is 0. The molecule has 0 spiro atoms. The zero-order chi connectivity index (χ0) is 19.4. The Labute approximate surface area is 162 Å². The molecule has 6 nitrogen and oxygen atoms in total. The first-order chi connectivity index (χ1) is 12.9. The molecule has 7 heteroatoms. The van der Waals surface area contributed by atoms with E-state index in [-0.39, 0.29) is 5.91 Å². The molecule has 0 bridgehead atoms. The van der Waals surface area contributed by atoms with Crippen LogP contribution in [0.3, 0.4) is 0 Å². The lowest BCUT2D eigenvalue weighted by atomic mass is 10.2. The van der Waals surface area contributed by atoms with Crippen LogP contribution in [0.2, 0.25) is 5.02 Å². The van der Waals surface area contributed by atoms with Crippen molar-refractivity contribution in [3.05, 3.63) is 59.1 Å². The van der Waals surface area contributed by atoms with E-state index >= 15 is 0 Å². The van der Waals surface area contributed by atoms with E-state index < -0.39 is 18.0 Å². The average molecular weight is 387 g/mol. The molecule has 1 atom stereocenters. The summed E-state index contributed by atoms with van der Waals surface area (Å²) in [6.07, 6.45) is 0.404. The molecule has 140 valence electrons. The number of carbonyl (C=O) groups excluding carboxylic acids is 3. The molecular formula is C20H19ClN2O4. The zero-order valence-corrected chi connectivity index (χ0v) is 15.5. The maximum absolute atomic E-state index is 12.3. The van der Waals surface area contributed by atoms with Crippen LogP contribution in [-0.4, -0.2) is 30.4 Å². The Kier molecular flexibility index (Phi) is 5.76. The van der Waals surface area contributed by atoms with Gasteiger partial charge in [-0.25, -0.2) is 4.79 Å². The van der Waals surface area contributed by atoms with Gasteiger partial charge in [-0.15, -0.1) is 0 Å². The Balaban J connectivity index is 1.59. The van der Waals surface area contributed by atoms with E-state index in [0.717, 1.165) is 12.1 Å². The van der Waals surface area contributed by atoms with Crippen molar-refractivity contribution in [2.45, 2.75) is 25.9 Å². The average Bonchev–Trinajstić information content (AvgIpc) is 3.07. The lowest BCUT2D eigenvalue weighted by molar-refractivity contribution is -0.123. The normalized spacial score (nSPS) is 14.7. The van der Waals surface area contributed by atoms with Crippen molar-refractivity contribution in [3.63, 3.8) is 0 Å². The number of carbonyl (C=O) groups is 3. The highest BCUT2D eigenvalue weighted by atomic mass is 35.5. The third kappa shape index (κ3) is 4.65. The van der Waals surface area contributed by atoms with Crippen molar-refractivity contribution in [2.24, 2.45) is 0 Å². The summed E-state index contributed by atoms with van der Waals surface area (Å²) in [5.74, 6) is -0.982. The van der Waals surface area contributed by atoms with Crippen molar-refractivity contribution in [3.8, 4) is 0 Å². The second-order valence-electron chi connectivity index (χ2n) is 6.24. The van der Waals surface area contributed by atoms with Gasteiger partial charge < -0.3 is 15.0 Å². The fraction of sp³-hybridized carbons (Fsp3) is 0.250. The summed E-state index contributed by atoms with van der Waals surface area (Å²) in [6, 6.07) is 13.3. The van der Waals surface area contributed by atoms with Crippen molar-refractivity contribution >= 4 is 40.8 Å². The Morgan fingerprint density at radius 3 is 2.56 bits per heavy atom. The third-order valence-electron chi connectivity index (χ3n) is 4.23. The number of rotatable bonds is 5. The van der Waals surface area contributed by atoms with E-state index in [1.165, 1.54) is 6.92 Å². The molecule has 0 aliphatic carbocycles. The molecule has 1 N–H and O–H groups in total. The number of ether oxygens (including phenoxy) is 1. The molecule has 2 aromatic carbocycles. The van der Waals surface area contributed by atoms with Gasteiger partial charge in [0.1, 0.15) is 0 Å². The quantitative estimate of drug-likeness (QED) is 0.796. The van der Waals surface area contributed by atoms with Gasteiger partial charge in [0.15, 0.2) is 6.10 Å². The standard InChI is InChI=1S/C20H19ClN2O4/c1-13(19(25)22-16-5-2-4-15(21)12-16)27-20(26)14-7-9-17(10-8-14)23-11-3-6-18(23)24/h2,4-5,7-10,12-13H,3,6,11H2,1H3,(H,22,25)/t13-/m0/s1. The van der Waals surface area contributed by atoms with Crippen LogP contribution in [0, 0.1) is 0 Å². The summed E-state index contributed by atoms with van der Waals surface area (Å²) < 4.78 is 5.22. The van der Waals surface area contributed by atoms with Gasteiger partial charge in [0, 0.05) is 29.4 Å². The lowest BCUT2D eigenvalue weighted by Gasteiger charge is -2.16. The second kappa shape index (κ2) is 8.22. The molecule has 3 rings (SSSR count). The smallest absolute Gasteiger partial charge is 0.338 e. The number of hydrogen-bond acceptors (Lipinski definition) is 4. The summed E-state index contributed by atoms with van der Waals surface area (Å²) in [5.41, 5.74) is 1.59. The third-order valence-corrected chi connectivity index (χ3v) is 4.47. The van der Waals surface area contributed by atoms with Crippen molar-refractivity contribution in [1.82, 2.24) is 0 Å². The van der Waals surface area contributed by atoms with E-state index in [1.54, 1.807) is 53.4 Å². The number of anilines is 2. The topological polar surface area (TPSA) is 75.7 Å². The molecule has 1 heterocycles. The van der Waals surface area contributed by atoms with E-state index in [4.69, 9.17) is 16.3 Å². The fourth-order valence-corrected chi connectivity index (χ4v) is 2.98. The monoisotopic (exact) mass is 386 g/mol. The minimum Gasteiger partial charge on any atom is -0.449 e. The van der Waals surface area contributed by atoms with Crippen LogP contribution in [-0.2, 0) is 14.3 Å². The summed E-state index contributed by atoms with van der Waals surface area (Å²) in [4.78, 5) is 37.9. The van der Waals surface area contributed by atoms with Crippen LogP contribution in [0.25, 0.3) is 0 Å². The van der Waals surface area contributed by atoms with Crippen molar-refractivity contribution < 1.29 is 19.1 Å². The molecule has 0 aromatic heterocycles. The van der Waals surface area contributed by atoms with Gasteiger partial charge in [-0.05, 0) is 55.8 Å². The SMILES string of the molecule is C[C@H](OC(=O)c1ccc(N2CCCC2=O)cc1)C(=O)Nc1cccc(Cl)c1. The molecule has 1 aliphatic rings. The molecule has 1 fully saturated rings. The maximum atomic E-state index is 12.3. The molecule has 0 saturated carbocycles. The number of nitrogens with one attached hydrogen (secondary N) is 1. The van der Waals surface area contributed by atoms with Crippen molar-refractivity contribution in [2.75, 3.05) is 16.8 Å². The van der Waals surface area contributed by atoms with Gasteiger partial charge in [-0.2, -0.15) is 0 Å². The molecule has 2 aromatic rings. The molecule has 1 aliphatic heterocycles. The van der Waals surface area contributed by atoms with Crippen LogP contribution >= 0.6 is 11.6 Å². The van der Waals surface area contributed by atoms with E-state index in [0.29, 0.717) is 29.2 Å².